The predicted molar refractivity (Wildman–Crippen MR) is 68.1 cm³/mol. The summed E-state index contributed by atoms with van der Waals surface area (Å²) in [6.07, 6.45) is 4.65. The number of nitrogens with two attached hydrogens (primary N) is 1. The van der Waals surface area contributed by atoms with E-state index in [0.29, 0.717) is 19.4 Å². The molecule has 0 saturated heterocycles. The molecule has 1 aromatic heterocycles. The van der Waals surface area contributed by atoms with Gasteiger partial charge in [-0.1, -0.05) is 18.1 Å². The third kappa shape index (κ3) is 4.04. The van der Waals surface area contributed by atoms with Crippen molar-refractivity contribution in [2.24, 2.45) is 16.8 Å². The Morgan fingerprint density at radius 1 is 1.67 bits per heavy atom. The van der Waals surface area contributed by atoms with E-state index in [0.717, 1.165) is 5.56 Å². The molecule has 0 aliphatic carbocycles. The van der Waals surface area contributed by atoms with E-state index in [1.807, 2.05) is 19.1 Å². The van der Waals surface area contributed by atoms with Crippen molar-refractivity contribution in [3.05, 3.63) is 30.1 Å². The molecule has 6 heteroatoms. The molecule has 0 bridgehead atoms. The average Bonchev–Trinajstić information content (AvgIpc) is 2.40. The lowest BCUT2D eigenvalue weighted by molar-refractivity contribution is -0.123. The molecule has 1 unspecified atom stereocenters. The van der Waals surface area contributed by atoms with Gasteiger partial charge >= 0.3 is 0 Å². The lowest BCUT2D eigenvalue weighted by atomic mass is 10.0. The molecule has 18 heavy (non-hydrogen) atoms. The normalized spacial score (nSPS) is 13.1. The van der Waals surface area contributed by atoms with E-state index < -0.39 is 5.92 Å². The van der Waals surface area contributed by atoms with E-state index in [4.69, 9.17) is 10.9 Å². The van der Waals surface area contributed by atoms with Crippen LogP contribution in [0.3, 0.4) is 0 Å². The van der Waals surface area contributed by atoms with Gasteiger partial charge in [0, 0.05) is 18.9 Å². The van der Waals surface area contributed by atoms with Crippen LogP contribution < -0.4 is 11.1 Å². The van der Waals surface area contributed by atoms with E-state index in [2.05, 4.69) is 15.5 Å². The maximum atomic E-state index is 11.8. The molecule has 0 aliphatic rings. The minimum absolute atomic E-state index is 0.0589. The largest absolute Gasteiger partial charge is 0.409 e. The van der Waals surface area contributed by atoms with E-state index in [9.17, 15) is 4.79 Å². The van der Waals surface area contributed by atoms with Crippen molar-refractivity contribution < 1.29 is 10.0 Å². The third-order valence-corrected chi connectivity index (χ3v) is 2.63. The second-order valence-corrected chi connectivity index (χ2v) is 3.89. The number of rotatable bonds is 6. The van der Waals surface area contributed by atoms with Crippen LogP contribution in [0.4, 0.5) is 0 Å². The fraction of sp³-hybridized carbons (Fsp3) is 0.417. The maximum Gasteiger partial charge on any atom is 0.230 e. The molecule has 1 aromatic rings. The van der Waals surface area contributed by atoms with Crippen LogP contribution in [0.25, 0.3) is 0 Å². The molecule has 4 N–H and O–H groups in total. The Balaban J connectivity index is 2.41. The fourth-order valence-electron chi connectivity index (χ4n) is 1.60. The second-order valence-electron chi connectivity index (χ2n) is 3.89. The number of hydrogen-bond donors (Lipinski definition) is 3. The third-order valence-electron chi connectivity index (χ3n) is 2.63. The molecular weight excluding hydrogens is 232 g/mol. The number of carbonyl (C=O) groups excluding carboxylic acids is 1. The van der Waals surface area contributed by atoms with Gasteiger partial charge in [-0.2, -0.15) is 0 Å². The van der Waals surface area contributed by atoms with Crippen LogP contribution in [0.1, 0.15) is 18.9 Å². The molecule has 1 rings (SSSR count). The summed E-state index contributed by atoms with van der Waals surface area (Å²) < 4.78 is 0. The monoisotopic (exact) mass is 250 g/mol. The van der Waals surface area contributed by atoms with Gasteiger partial charge in [0.05, 0.1) is 5.92 Å². The van der Waals surface area contributed by atoms with Crippen molar-refractivity contribution in [2.75, 3.05) is 6.54 Å². The van der Waals surface area contributed by atoms with Gasteiger partial charge in [0.2, 0.25) is 5.91 Å². The fourth-order valence-corrected chi connectivity index (χ4v) is 1.60. The lowest BCUT2D eigenvalue weighted by Gasteiger charge is -2.13. The molecule has 6 nitrogen and oxygen atoms in total. The van der Waals surface area contributed by atoms with E-state index in [-0.39, 0.29) is 11.7 Å². The zero-order chi connectivity index (χ0) is 13.4. The zero-order valence-electron chi connectivity index (χ0n) is 10.3. The summed E-state index contributed by atoms with van der Waals surface area (Å²) in [7, 11) is 0. The minimum atomic E-state index is -0.580. The summed E-state index contributed by atoms with van der Waals surface area (Å²) in [4.78, 5) is 15.8. The van der Waals surface area contributed by atoms with Crippen LogP contribution in [0, 0.1) is 5.92 Å². The first-order valence-electron chi connectivity index (χ1n) is 5.83. The Hall–Kier alpha value is -2.11. The summed E-state index contributed by atoms with van der Waals surface area (Å²) >= 11 is 0. The topological polar surface area (TPSA) is 101 Å². The first-order chi connectivity index (χ1) is 8.69. The molecule has 0 aliphatic heterocycles. The predicted octanol–water partition coefficient (Wildman–Crippen LogP) is 0.513. The van der Waals surface area contributed by atoms with Crippen LogP contribution in [-0.2, 0) is 11.2 Å². The molecule has 1 atom stereocenters. The van der Waals surface area contributed by atoms with Crippen molar-refractivity contribution in [1.82, 2.24) is 10.3 Å². The Morgan fingerprint density at radius 2 is 2.44 bits per heavy atom. The molecule has 98 valence electrons. The van der Waals surface area contributed by atoms with Gasteiger partial charge in [-0.3, -0.25) is 9.78 Å². The van der Waals surface area contributed by atoms with Crippen molar-refractivity contribution in [2.45, 2.75) is 19.8 Å². The molecule has 0 radical (unpaired) electrons. The number of amidine groups is 1. The Kier molecular flexibility index (Phi) is 5.63. The summed E-state index contributed by atoms with van der Waals surface area (Å²) in [5, 5.41) is 14.2. The van der Waals surface area contributed by atoms with Crippen molar-refractivity contribution in [3.63, 3.8) is 0 Å². The zero-order valence-corrected chi connectivity index (χ0v) is 10.3. The lowest BCUT2D eigenvalue weighted by Crippen LogP contribution is -2.39. The highest BCUT2D eigenvalue weighted by Gasteiger charge is 2.20. The van der Waals surface area contributed by atoms with Gasteiger partial charge in [0.15, 0.2) is 5.84 Å². The van der Waals surface area contributed by atoms with E-state index in [1.54, 1.807) is 12.4 Å². The molecule has 1 heterocycles. The molecule has 0 saturated carbocycles. The van der Waals surface area contributed by atoms with Crippen molar-refractivity contribution in [1.29, 1.82) is 0 Å². The molecule has 1 amide bonds. The maximum absolute atomic E-state index is 11.8. The number of nitrogens with one attached hydrogen (secondary N) is 1. The quantitative estimate of drug-likeness (QED) is 0.296. The molecule has 0 spiro atoms. The Labute approximate surface area is 106 Å². The first-order valence-corrected chi connectivity index (χ1v) is 5.83. The number of aromatic nitrogens is 1. The summed E-state index contributed by atoms with van der Waals surface area (Å²) in [6, 6.07) is 3.79. The number of hydrogen-bond acceptors (Lipinski definition) is 4. The SMILES string of the molecule is CCC(C(=O)NCCc1cccnc1)C(N)=NO. The number of oxime groups is 1. The number of amides is 1. The standard InChI is InChI=1S/C12H18N4O2/c1-2-10(11(13)16-18)12(17)15-7-5-9-4-3-6-14-8-9/h3-4,6,8,10,18H,2,5,7H2,1H3,(H2,13,16)(H,15,17). The van der Waals surface area contributed by atoms with Gasteiger partial charge in [-0.05, 0) is 24.5 Å². The second kappa shape index (κ2) is 7.26. The summed E-state index contributed by atoms with van der Waals surface area (Å²) in [5.74, 6) is -0.864. The number of nitrogens with zero attached hydrogens (tertiary/aromatic N) is 2. The Morgan fingerprint density at radius 3 is 3.00 bits per heavy atom. The van der Waals surface area contributed by atoms with Gasteiger partial charge in [0.25, 0.3) is 0 Å². The van der Waals surface area contributed by atoms with Gasteiger partial charge in [-0.15, -0.1) is 0 Å². The van der Waals surface area contributed by atoms with Crippen LogP contribution in [0.5, 0.6) is 0 Å². The number of carbonyl (C=O) groups is 1. The smallest absolute Gasteiger partial charge is 0.230 e. The molecule has 0 fully saturated rings. The molecular formula is C12H18N4O2. The minimum Gasteiger partial charge on any atom is -0.409 e. The van der Waals surface area contributed by atoms with E-state index in [1.165, 1.54) is 0 Å². The first kappa shape index (κ1) is 14.0. The van der Waals surface area contributed by atoms with E-state index >= 15 is 0 Å². The van der Waals surface area contributed by atoms with Crippen LogP contribution in [0.15, 0.2) is 29.7 Å². The Bertz CT molecular complexity index is 406. The van der Waals surface area contributed by atoms with Crippen LogP contribution in [0.2, 0.25) is 0 Å². The highest BCUT2D eigenvalue weighted by atomic mass is 16.4. The van der Waals surface area contributed by atoms with Gasteiger partial charge in [0.1, 0.15) is 0 Å². The van der Waals surface area contributed by atoms with Gasteiger partial charge < -0.3 is 16.3 Å². The molecule has 0 aromatic carbocycles. The summed E-state index contributed by atoms with van der Waals surface area (Å²) in [5.41, 5.74) is 6.49. The van der Waals surface area contributed by atoms with Crippen LogP contribution in [-0.4, -0.2) is 28.5 Å². The average molecular weight is 250 g/mol. The number of pyridine rings is 1. The highest BCUT2D eigenvalue weighted by molar-refractivity contribution is 6.01. The van der Waals surface area contributed by atoms with Gasteiger partial charge in [-0.25, -0.2) is 0 Å². The van der Waals surface area contributed by atoms with Crippen molar-refractivity contribution in [3.8, 4) is 0 Å². The summed E-state index contributed by atoms with van der Waals surface area (Å²) in [6.45, 7) is 2.31. The van der Waals surface area contributed by atoms with Crippen molar-refractivity contribution >= 4 is 11.7 Å². The van der Waals surface area contributed by atoms with Crippen LogP contribution >= 0.6 is 0 Å². The highest BCUT2D eigenvalue weighted by Crippen LogP contribution is 2.03.